The minimum absolute atomic E-state index is 0.0307. The van der Waals surface area contributed by atoms with Gasteiger partial charge in [-0.15, -0.1) is 0 Å². The maximum atomic E-state index is 15.2. The number of hydrogen-bond donors (Lipinski definition) is 1. The average Bonchev–Trinajstić information content (AvgIpc) is 3.74. The molecule has 2 aliphatic rings. The number of ether oxygens (including phenoxy) is 1. The van der Waals surface area contributed by atoms with E-state index in [0.717, 1.165) is 50.9 Å². The van der Waals surface area contributed by atoms with Crippen LogP contribution in [0, 0.1) is 23.6 Å². The van der Waals surface area contributed by atoms with Gasteiger partial charge in [-0.3, -0.25) is 9.48 Å². The number of rotatable bonds is 15. The molecule has 3 heterocycles. The van der Waals surface area contributed by atoms with Gasteiger partial charge in [0.2, 0.25) is 5.91 Å². The monoisotopic (exact) mass is 667 g/mol. The number of aldehydes is 2. The van der Waals surface area contributed by atoms with Crippen LogP contribution in [-0.4, -0.2) is 113 Å². The Morgan fingerprint density at radius 1 is 1.02 bits per heavy atom. The number of aromatic nitrogens is 2. The standard InChI is InChI=1S/C36H50FN5O6/c1-25(8-10-34(26(2)7-9-29(45)11-18-43)48-36(47)41-16-14-39(4)15-17-41)31(24-44)27(3)19-28-20-32(37)30-22-38-42(33(30)21-28)23-35(46)40-12-5-6-13-40/h8,10,18-22,24-26,29,31,34,45H,5-7,9,11-17,23H2,1-4H3/b10-8+,27-19+/t25-,26-,29+,31-,34-/m0/s1. The van der Waals surface area contributed by atoms with Crippen molar-refractivity contribution in [1.82, 2.24) is 24.5 Å². The lowest BCUT2D eigenvalue weighted by Crippen LogP contribution is -2.48. The Bertz CT molecular complexity index is 1480. The van der Waals surface area contributed by atoms with E-state index < -0.39 is 30.0 Å². The van der Waals surface area contributed by atoms with E-state index in [0.29, 0.717) is 48.7 Å². The molecule has 2 aliphatic heterocycles. The molecule has 1 aromatic carbocycles. The second kappa shape index (κ2) is 17.5. The summed E-state index contributed by atoms with van der Waals surface area (Å²) in [6.45, 7) is 9.76. The predicted octanol–water partition coefficient (Wildman–Crippen LogP) is 4.33. The molecule has 0 unspecified atom stereocenters. The molecule has 0 bridgehead atoms. The number of likely N-dealkylation sites (N-methyl/N-ethyl adjacent to an activating group) is 1. The first-order valence-corrected chi connectivity index (χ1v) is 17.0. The number of aliphatic hydroxyl groups excluding tert-OH is 1. The van der Waals surface area contributed by atoms with Gasteiger partial charge < -0.3 is 34.1 Å². The van der Waals surface area contributed by atoms with Gasteiger partial charge in [0, 0.05) is 51.6 Å². The summed E-state index contributed by atoms with van der Waals surface area (Å²) < 4.78 is 22.6. The number of piperazine rings is 1. The fourth-order valence-electron chi connectivity index (χ4n) is 6.34. The van der Waals surface area contributed by atoms with Crippen molar-refractivity contribution >= 4 is 41.6 Å². The van der Waals surface area contributed by atoms with Crippen molar-refractivity contribution in [2.75, 3.05) is 46.3 Å². The van der Waals surface area contributed by atoms with Crippen molar-refractivity contribution in [2.45, 2.75) is 71.6 Å². The number of nitrogens with zero attached hydrogens (tertiary/aromatic N) is 5. The Morgan fingerprint density at radius 2 is 1.73 bits per heavy atom. The van der Waals surface area contributed by atoms with Crippen LogP contribution in [0.2, 0.25) is 0 Å². The highest BCUT2D eigenvalue weighted by molar-refractivity contribution is 5.85. The molecule has 1 aromatic heterocycles. The van der Waals surface area contributed by atoms with Crippen LogP contribution in [-0.2, 0) is 25.7 Å². The minimum Gasteiger partial charge on any atom is -0.442 e. The molecule has 12 heteroatoms. The lowest BCUT2D eigenvalue weighted by Gasteiger charge is -2.33. The normalized spacial score (nSPS) is 19.3. The fourth-order valence-corrected chi connectivity index (χ4v) is 6.34. The van der Waals surface area contributed by atoms with Crippen LogP contribution in [0.15, 0.2) is 36.1 Å². The zero-order chi connectivity index (χ0) is 34.8. The lowest BCUT2D eigenvalue weighted by molar-refractivity contribution is -0.130. The average molecular weight is 668 g/mol. The minimum atomic E-state index is -0.762. The van der Waals surface area contributed by atoms with Gasteiger partial charge in [-0.2, -0.15) is 5.10 Å². The molecule has 11 nitrogen and oxygen atoms in total. The molecule has 2 amide bonds. The van der Waals surface area contributed by atoms with Crippen molar-refractivity contribution in [1.29, 1.82) is 0 Å². The predicted molar refractivity (Wildman–Crippen MR) is 181 cm³/mol. The topological polar surface area (TPSA) is 125 Å². The number of hydrogen-bond acceptors (Lipinski definition) is 8. The van der Waals surface area contributed by atoms with Gasteiger partial charge in [-0.05, 0) is 75.3 Å². The van der Waals surface area contributed by atoms with Gasteiger partial charge in [-0.1, -0.05) is 31.6 Å². The van der Waals surface area contributed by atoms with E-state index in [1.807, 2.05) is 33.9 Å². The van der Waals surface area contributed by atoms with E-state index in [-0.39, 0.29) is 30.7 Å². The van der Waals surface area contributed by atoms with Gasteiger partial charge in [0.25, 0.3) is 0 Å². The second-order valence-corrected chi connectivity index (χ2v) is 13.4. The van der Waals surface area contributed by atoms with Gasteiger partial charge in [0.05, 0.1) is 23.2 Å². The summed E-state index contributed by atoms with van der Waals surface area (Å²) in [5, 5.41) is 14.7. The van der Waals surface area contributed by atoms with E-state index in [9.17, 15) is 24.3 Å². The highest BCUT2D eigenvalue weighted by Crippen LogP contribution is 2.27. The summed E-state index contributed by atoms with van der Waals surface area (Å²) in [6, 6.07) is 3.18. The lowest BCUT2D eigenvalue weighted by atomic mass is 9.86. The third-order valence-corrected chi connectivity index (χ3v) is 9.60. The summed E-state index contributed by atoms with van der Waals surface area (Å²) in [5.41, 5.74) is 1.78. The van der Waals surface area contributed by atoms with Crippen LogP contribution >= 0.6 is 0 Å². The molecular weight excluding hydrogens is 617 g/mol. The summed E-state index contributed by atoms with van der Waals surface area (Å²) in [6.07, 6.45) is 9.56. The second-order valence-electron chi connectivity index (χ2n) is 13.4. The molecule has 0 spiro atoms. The van der Waals surface area contributed by atoms with Crippen LogP contribution in [0.25, 0.3) is 17.0 Å². The summed E-state index contributed by atoms with van der Waals surface area (Å²) in [7, 11) is 2.00. The van der Waals surface area contributed by atoms with E-state index in [2.05, 4.69) is 10.00 Å². The first-order valence-electron chi connectivity index (χ1n) is 17.0. The molecule has 2 aromatic rings. The van der Waals surface area contributed by atoms with E-state index in [1.54, 1.807) is 28.0 Å². The number of fused-ring (bicyclic) bond motifs is 1. The fraction of sp³-hybridized carbons (Fsp3) is 0.583. The van der Waals surface area contributed by atoms with Crippen LogP contribution in [0.4, 0.5) is 9.18 Å². The Labute approximate surface area is 282 Å². The molecule has 0 aliphatic carbocycles. The van der Waals surface area contributed by atoms with Crippen molar-refractivity contribution in [2.24, 2.45) is 17.8 Å². The summed E-state index contributed by atoms with van der Waals surface area (Å²) in [4.78, 5) is 54.7. The van der Waals surface area contributed by atoms with Crippen molar-refractivity contribution in [3.05, 3.63) is 47.4 Å². The molecule has 0 radical (unpaired) electrons. The zero-order valence-electron chi connectivity index (χ0n) is 28.6. The summed E-state index contributed by atoms with van der Waals surface area (Å²) >= 11 is 0. The third kappa shape index (κ3) is 9.82. The highest BCUT2D eigenvalue weighted by Gasteiger charge is 2.27. The molecule has 4 rings (SSSR count). The maximum absolute atomic E-state index is 15.2. The molecular formula is C36H50FN5O6. The van der Waals surface area contributed by atoms with Gasteiger partial charge >= 0.3 is 6.09 Å². The first kappa shape index (κ1) is 36.9. The molecule has 1 N–H and O–H groups in total. The zero-order valence-corrected chi connectivity index (χ0v) is 28.6. The molecule has 2 fully saturated rings. The summed E-state index contributed by atoms with van der Waals surface area (Å²) in [5.74, 6) is -1.49. The Morgan fingerprint density at radius 3 is 2.40 bits per heavy atom. The van der Waals surface area contributed by atoms with Crippen LogP contribution < -0.4 is 0 Å². The highest BCUT2D eigenvalue weighted by atomic mass is 19.1. The van der Waals surface area contributed by atoms with E-state index in [4.69, 9.17) is 4.74 Å². The van der Waals surface area contributed by atoms with Gasteiger partial charge in [0.15, 0.2) is 0 Å². The van der Waals surface area contributed by atoms with E-state index in [1.165, 1.54) is 16.9 Å². The number of amides is 2. The van der Waals surface area contributed by atoms with Gasteiger partial charge in [-0.25, -0.2) is 9.18 Å². The van der Waals surface area contributed by atoms with Crippen LogP contribution in [0.3, 0.4) is 0 Å². The molecule has 262 valence electrons. The van der Waals surface area contributed by atoms with Crippen molar-refractivity contribution in [3.8, 4) is 0 Å². The number of carbonyl (C=O) groups is 4. The number of halogens is 1. The number of carbonyl (C=O) groups excluding carboxylic acids is 4. The quantitative estimate of drug-likeness (QED) is 0.220. The number of allylic oxidation sites excluding steroid dienone is 2. The Kier molecular flexibility index (Phi) is 13.5. The van der Waals surface area contributed by atoms with Crippen LogP contribution in [0.1, 0.15) is 58.4 Å². The van der Waals surface area contributed by atoms with E-state index >= 15 is 4.39 Å². The number of likely N-dealkylation sites (tertiary alicyclic amines) is 1. The third-order valence-electron chi connectivity index (χ3n) is 9.60. The maximum Gasteiger partial charge on any atom is 0.410 e. The Balaban J connectivity index is 1.50. The van der Waals surface area contributed by atoms with Crippen molar-refractivity contribution in [3.63, 3.8) is 0 Å². The molecule has 48 heavy (non-hydrogen) atoms. The number of aliphatic hydroxyl groups is 1. The smallest absolute Gasteiger partial charge is 0.410 e. The van der Waals surface area contributed by atoms with Crippen molar-refractivity contribution < 1.29 is 33.4 Å². The van der Waals surface area contributed by atoms with Crippen LogP contribution in [0.5, 0.6) is 0 Å². The SMILES string of the molecule is C/C(=C\c1cc(F)c2cnn(CC(=O)N3CCCC3)c2c1)[C@@H](C=O)[C@@H](C)/C=C/[C@H](OC(=O)N1CCN(C)CC1)[C@@H](C)CC[C@@H](O)CC=O. The Hall–Kier alpha value is -3.90. The molecule has 2 saturated heterocycles. The molecule has 0 saturated carbocycles. The van der Waals surface area contributed by atoms with Gasteiger partial charge in [0.1, 0.15) is 31.0 Å². The largest absolute Gasteiger partial charge is 0.442 e. The first-order chi connectivity index (χ1) is 23.0. The molecule has 5 atom stereocenters. The number of benzene rings is 1.